The summed E-state index contributed by atoms with van der Waals surface area (Å²) in [6.45, 7) is 0. The van der Waals surface area contributed by atoms with Gasteiger partial charge in [0.1, 0.15) is 22.3 Å². The van der Waals surface area contributed by atoms with Crippen LogP contribution in [0.5, 0.6) is 0 Å². The highest BCUT2D eigenvalue weighted by molar-refractivity contribution is 6.27. The van der Waals surface area contributed by atoms with Crippen molar-refractivity contribution in [2.45, 2.75) is 0 Å². The van der Waals surface area contributed by atoms with Crippen molar-refractivity contribution < 1.29 is 8.83 Å². The molecule has 12 aromatic rings. The number of benzene rings is 10. The molecule has 2 nitrogen and oxygen atoms in total. The van der Waals surface area contributed by atoms with Crippen LogP contribution in [0, 0.1) is 0 Å². The Morgan fingerprint density at radius 3 is 1.54 bits per heavy atom. The van der Waals surface area contributed by atoms with Crippen LogP contribution in [0.25, 0.3) is 121 Å². The van der Waals surface area contributed by atoms with Gasteiger partial charge in [-0.25, -0.2) is 0 Å². The largest absolute Gasteiger partial charge is 0.456 e. The average Bonchev–Trinajstić information content (AvgIpc) is 3.84. The van der Waals surface area contributed by atoms with E-state index in [1.807, 2.05) is 12.1 Å². The molecule has 10 aromatic carbocycles. The van der Waals surface area contributed by atoms with E-state index in [1.54, 1.807) is 0 Å². The van der Waals surface area contributed by atoms with E-state index >= 15 is 0 Å². The van der Waals surface area contributed by atoms with E-state index in [0.717, 1.165) is 71.7 Å². The molecule has 0 bridgehead atoms. The van der Waals surface area contributed by atoms with Gasteiger partial charge in [0.15, 0.2) is 0 Å². The predicted octanol–water partition coefficient (Wildman–Crippen LogP) is 15.6. The molecule has 0 unspecified atom stereocenters. The molecule has 2 heterocycles. The van der Waals surface area contributed by atoms with Crippen molar-refractivity contribution in [1.82, 2.24) is 0 Å². The van der Waals surface area contributed by atoms with Crippen LogP contribution in [0.15, 0.2) is 203 Å². The van der Waals surface area contributed by atoms with Crippen molar-refractivity contribution in [1.29, 1.82) is 0 Å². The molecule has 12 rings (SSSR count). The van der Waals surface area contributed by atoms with E-state index in [0.29, 0.717) is 0 Å². The molecule has 2 aromatic heterocycles. The van der Waals surface area contributed by atoms with E-state index in [1.165, 1.54) is 49.0 Å². The van der Waals surface area contributed by atoms with Gasteiger partial charge in [0.05, 0.1) is 0 Å². The molecule has 0 amide bonds. The molecule has 0 aliphatic rings. The molecule has 0 N–H and O–H groups in total. The summed E-state index contributed by atoms with van der Waals surface area (Å²) in [5, 5.41) is 11.8. The van der Waals surface area contributed by atoms with Crippen LogP contribution in [0.1, 0.15) is 0 Å². The lowest BCUT2D eigenvalue weighted by Gasteiger charge is -2.19. The zero-order valence-corrected chi connectivity index (χ0v) is 30.3. The lowest BCUT2D eigenvalue weighted by molar-refractivity contribution is 0.669. The van der Waals surface area contributed by atoms with Crippen LogP contribution in [0.3, 0.4) is 0 Å². The fraction of sp³-hybridized carbons (Fsp3) is 0. The fourth-order valence-corrected chi connectivity index (χ4v) is 9.19. The summed E-state index contributed by atoms with van der Waals surface area (Å²) in [4.78, 5) is 0. The van der Waals surface area contributed by atoms with Crippen LogP contribution >= 0.6 is 0 Å². The molecular weight excluding hydrogens is 681 g/mol. The molecule has 2 heteroatoms. The summed E-state index contributed by atoms with van der Waals surface area (Å²) < 4.78 is 13.1. The highest BCUT2D eigenvalue weighted by Crippen LogP contribution is 2.49. The molecule has 0 atom stereocenters. The van der Waals surface area contributed by atoms with Gasteiger partial charge in [-0.3, -0.25) is 0 Å². The Morgan fingerprint density at radius 1 is 0.268 bits per heavy atom. The normalized spacial score (nSPS) is 11.9. The molecule has 0 saturated carbocycles. The summed E-state index contributed by atoms with van der Waals surface area (Å²) >= 11 is 0. The zero-order valence-electron chi connectivity index (χ0n) is 30.3. The van der Waals surface area contributed by atoms with E-state index in [2.05, 4.69) is 182 Å². The van der Waals surface area contributed by atoms with Gasteiger partial charge in [0, 0.05) is 32.7 Å². The Labute approximate surface area is 322 Å². The van der Waals surface area contributed by atoms with E-state index in [-0.39, 0.29) is 0 Å². The third kappa shape index (κ3) is 4.57. The Hall–Kier alpha value is -7.42. The maximum absolute atomic E-state index is 6.96. The molecule has 260 valence electrons. The Morgan fingerprint density at radius 2 is 0.786 bits per heavy atom. The third-order valence-corrected chi connectivity index (χ3v) is 11.7. The molecule has 0 fully saturated rings. The SMILES string of the molecule is c1cc(-c2ccc3oc4ccccc4c3c2)cc(-c2ccc(-c3c4ccccc4c(-c4cccc5ccccc45)c4ccccc34)c3oc4ccccc4c23)c1. The molecule has 0 saturated heterocycles. The Bertz CT molecular complexity index is 3480. The van der Waals surface area contributed by atoms with Gasteiger partial charge in [-0.1, -0.05) is 158 Å². The number of furan rings is 2. The van der Waals surface area contributed by atoms with Gasteiger partial charge in [0.25, 0.3) is 0 Å². The molecule has 0 aliphatic heterocycles. The second-order valence-electron chi connectivity index (χ2n) is 14.7. The fourth-order valence-electron chi connectivity index (χ4n) is 9.19. The molecule has 56 heavy (non-hydrogen) atoms. The van der Waals surface area contributed by atoms with Crippen molar-refractivity contribution in [2.75, 3.05) is 0 Å². The number of para-hydroxylation sites is 2. The number of fused-ring (bicyclic) bond motifs is 9. The van der Waals surface area contributed by atoms with E-state index in [9.17, 15) is 0 Å². The highest BCUT2D eigenvalue weighted by atomic mass is 16.3. The summed E-state index contributed by atoms with van der Waals surface area (Å²) in [6, 6.07) is 69.8. The first-order valence-corrected chi connectivity index (χ1v) is 19.2. The van der Waals surface area contributed by atoms with E-state index < -0.39 is 0 Å². The van der Waals surface area contributed by atoms with Gasteiger partial charge in [-0.15, -0.1) is 0 Å². The Kier molecular flexibility index (Phi) is 6.66. The summed E-state index contributed by atoms with van der Waals surface area (Å²) in [5.74, 6) is 0. The summed E-state index contributed by atoms with van der Waals surface area (Å²) in [7, 11) is 0. The van der Waals surface area contributed by atoms with Crippen molar-refractivity contribution >= 4 is 76.2 Å². The molecule has 0 radical (unpaired) electrons. The number of hydrogen-bond donors (Lipinski definition) is 0. The lowest BCUT2D eigenvalue weighted by atomic mass is 9.84. The standard InChI is InChI=1S/C54H32O2/c1-2-17-37-33(13-1)14-12-24-40(37)51-41-19-3-5-21-43(41)52(44-22-6-4-20-42(44)51)46-29-28-38(53-45-23-8-10-26-49(45)56-54(46)53)36-16-11-15-34(31-36)35-27-30-50-47(32-35)39-18-7-9-25-48(39)55-50/h1-32H. The first kappa shape index (κ1) is 31.0. The van der Waals surface area contributed by atoms with E-state index in [4.69, 9.17) is 8.83 Å². The lowest BCUT2D eigenvalue weighted by Crippen LogP contribution is -1.92. The van der Waals surface area contributed by atoms with Crippen LogP contribution < -0.4 is 0 Å². The minimum absolute atomic E-state index is 0.880. The number of hydrogen-bond acceptors (Lipinski definition) is 2. The minimum Gasteiger partial charge on any atom is -0.456 e. The smallest absolute Gasteiger partial charge is 0.143 e. The third-order valence-electron chi connectivity index (χ3n) is 11.7. The first-order valence-electron chi connectivity index (χ1n) is 19.2. The molecule has 0 spiro atoms. The quantitative estimate of drug-likeness (QED) is 0.170. The van der Waals surface area contributed by atoms with Crippen molar-refractivity contribution in [3.05, 3.63) is 194 Å². The van der Waals surface area contributed by atoms with Gasteiger partial charge in [0.2, 0.25) is 0 Å². The van der Waals surface area contributed by atoms with Crippen LogP contribution in [-0.2, 0) is 0 Å². The maximum atomic E-state index is 6.96. The van der Waals surface area contributed by atoms with Crippen molar-refractivity contribution in [2.24, 2.45) is 0 Å². The van der Waals surface area contributed by atoms with Crippen molar-refractivity contribution in [3.8, 4) is 44.5 Å². The predicted molar refractivity (Wildman–Crippen MR) is 235 cm³/mol. The summed E-state index contributed by atoms with van der Waals surface area (Å²) in [6.07, 6.45) is 0. The van der Waals surface area contributed by atoms with Crippen LogP contribution in [-0.4, -0.2) is 0 Å². The van der Waals surface area contributed by atoms with Gasteiger partial charge in [-0.05, 0) is 102 Å². The van der Waals surface area contributed by atoms with Crippen LogP contribution in [0.4, 0.5) is 0 Å². The van der Waals surface area contributed by atoms with Gasteiger partial charge >= 0.3 is 0 Å². The second kappa shape index (κ2) is 12.0. The van der Waals surface area contributed by atoms with Crippen molar-refractivity contribution in [3.63, 3.8) is 0 Å². The monoisotopic (exact) mass is 712 g/mol. The average molecular weight is 713 g/mol. The molecular formula is C54H32O2. The summed E-state index contributed by atoms with van der Waals surface area (Å²) in [5.41, 5.74) is 13.0. The zero-order chi connectivity index (χ0) is 36.7. The Balaban J connectivity index is 1.11. The van der Waals surface area contributed by atoms with Gasteiger partial charge in [-0.2, -0.15) is 0 Å². The second-order valence-corrected chi connectivity index (χ2v) is 14.7. The highest BCUT2D eigenvalue weighted by Gasteiger charge is 2.23. The first-order chi connectivity index (χ1) is 27.8. The maximum Gasteiger partial charge on any atom is 0.143 e. The molecule has 0 aliphatic carbocycles. The minimum atomic E-state index is 0.880. The van der Waals surface area contributed by atoms with Crippen LogP contribution in [0.2, 0.25) is 0 Å². The topological polar surface area (TPSA) is 26.3 Å². The number of rotatable bonds is 4. The van der Waals surface area contributed by atoms with Gasteiger partial charge < -0.3 is 8.83 Å².